The third-order valence-electron chi connectivity index (χ3n) is 2.67. The molecule has 0 aromatic rings. The second-order valence-corrected chi connectivity index (χ2v) is 4.34. The average molecular weight is 256 g/mol. The molecule has 6 heteroatoms. The van der Waals surface area contributed by atoms with Gasteiger partial charge in [0, 0.05) is 32.5 Å². The van der Waals surface area contributed by atoms with Crippen LogP contribution >= 0.6 is 0 Å². The fourth-order valence-electron chi connectivity index (χ4n) is 1.66. The van der Waals surface area contributed by atoms with Gasteiger partial charge in [0.2, 0.25) is 11.8 Å². The number of nitrogens with one attached hydrogen (secondary N) is 2. The Labute approximate surface area is 106 Å². The van der Waals surface area contributed by atoms with Gasteiger partial charge in [-0.3, -0.25) is 9.59 Å². The van der Waals surface area contributed by atoms with E-state index in [0.29, 0.717) is 19.7 Å². The van der Waals surface area contributed by atoms with Crippen LogP contribution in [-0.2, 0) is 19.1 Å². The number of carbonyl (C=O) groups excluding carboxylic acids is 3. The summed E-state index contributed by atoms with van der Waals surface area (Å²) in [6.45, 7) is 2.84. The van der Waals surface area contributed by atoms with Gasteiger partial charge < -0.3 is 20.2 Å². The van der Waals surface area contributed by atoms with Crippen LogP contribution in [0, 0.1) is 0 Å². The summed E-state index contributed by atoms with van der Waals surface area (Å²) in [5.74, 6) is -0.293. The predicted octanol–water partition coefficient (Wildman–Crippen LogP) is -0.233. The smallest absolute Gasteiger partial charge is 0.249 e. The third-order valence-corrected chi connectivity index (χ3v) is 2.67. The molecule has 1 saturated heterocycles. The minimum atomic E-state index is -0.335. The Kier molecular flexibility index (Phi) is 6.35. The molecule has 1 heterocycles. The lowest BCUT2D eigenvalue weighted by molar-refractivity contribution is -0.130. The molecule has 2 amide bonds. The fraction of sp³-hybridized carbons (Fsp3) is 0.750. The summed E-state index contributed by atoms with van der Waals surface area (Å²) in [5.41, 5.74) is 0. The summed E-state index contributed by atoms with van der Waals surface area (Å²) < 4.78 is 5.22. The molecule has 0 aliphatic carbocycles. The summed E-state index contributed by atoms with van der Waals surface area (Å²) in [6.07, 6.45) is 1.80. The van der Waals surface area contributed by atoms with Gasteiger partial charge in [-0.1, -0.05) is 0 Å². The van der Waals surface area contributed by atoms with Crippen molar-refractivity contribution in [2.45, 2.75) is 38.7 Å². The Morgan fingerprint density at radius 1 is 1.17 bits per heavy atom. The second-order valence-electron chi connectivity index (χ2n) is 4.34. The number of ether oxygens (including phenoxy) is 1. The molecule has 1 aliphatic heterocycles. The summed E-state index contributed by atoms with van der Waals surface area (Å²) in [6, 6.07) is 0. The molecule has 1 rings (SSSR count). The Hall–Kier alpha value is -1.43. The number of carbonyl (C=O) groups is 3. The number of ketones is 1. The molecule has 1 atom stereocenters. The van der Waals surface area contributed by atoms with Crippen molar-refractivity contribution >= 4 is 17.6 Å². The molecule has 0 radical (unpaired) electrons. The summed E-state index contributed by atoms with van der Waals surface area (Å²) in [4.78, 5) is 33.4. The Balaban J connectivity index is 2.02. The van der Waals surface area contributed by atoms with Crippen LogP contribution in [0.25, 0.3) is 0 Å². The number of Topliss-reactive ketones (excluding diaryl/α,β-unsaturated/α-hetero) is 1. The second kappa shape index (κ2) is 7.81. The van der Waals surface area contributed by atoms with Crippen molar-refractivity contribution in [2.75, 3.05) is 19.7 Å². The highest BCUT2D eigenvalue weighted by molar-refractivity contribution is 5.83. The van der Waals surface area contributed by atoms with Crippen molar-refractivity contribution in [1.29, 1.82) is 0 Å². The zero-order valence-electron chi connectivity index (χ0n) is 10.7. The van der Waals surface area contributed by atoms with Gasteiger partial charge in [-0.05, 0) is 19.8 Å². The maximum absolute atomic E-state index is 11.5. The van der Waals surface area contributed by atoms with Crippen LogP contribution in [0.3, 0.4) is 0 Å². The first-order valence-electron chi connectivity index (χ1n) is 6.25. The minimum Gasteiger partial charge on any atom is -0.368 e. The molecule has 6 nitrogen and oxygen atoms in total. The summed E-state index contributed by atoms with van der Waals surface area (Å²) in [7, 11) is 0. The van der Waals surface area contributed by atoms with Gasteiger partial charge in [0.1, 0.15) is 11.9 Å². The number of rotatable bonds is 7. The molecule has 0 spiro atoms. The van der Waals surface area contributed by atoms with E-state index >= 15 is 0 Å². The van der Waals surface area contributed by atoms with E-state index in [4.69, 9.17) is 4.74 Å². The highest BCUT2D eigenvalue weighted by Gasteiger charge is 2.22. The maximum atomic E-state index is 11.5. The molecular formula is C12H20N2O4. The van der Waals surface area contributed by atoms with Crippen molar-refractivity contribution in [3.63, 3.8) is 0 Å². The first-order chi connectivity index (χ1) is 8.59. The van der Waals surface area contributed by atoms with Crippen LogP contribution in [0.1, 0.15) is 32.6 Å². The summed E-state index contributed by atoms with van der Waals surface area (Å²) in [5, 5.41) is 5.34. The lowest BCUT2D eigenvalue weighted by Crippen LogP contribution is -2.39. The largest absolute Gasteiger partial charge is 0.368 e. The van der Waals surface area contributed by atoms with Crippen molar-refractivity contribution in [2.24, 2.45) is 0 Å². The van der Waals surface area contributed by atoms with E-state index in [1.165, 1.54) is 6.92 Å². The Bertz CT molecular complexity index is 311. The molecular weight excluding hydrogens is 236 g/mol. The first kappa shape index (κ1) is 14.6. The van der Waals surface area contributed by atoms with Crippen LogP contribution in [0.15, 0.2) is 0 Å². The lowest BCUT2D eigenvalue weighted by atomic mass is 10.2. The van der Waals surface area contributed by atoms with Crippen LogP contribution in [-0.4, -0.2) is 43.4 Å². The molecule has 0 aromatic carbocycles. The highest BCUT2D eigenvalue weighted by atomic mass is 16.5. The molecule has 1 fully saturated rings. The minimum absolute atomic E-state index is 0.00293. The highest BCUT2D eigenvalue weighted by Crippen LogP contribution is 2.11. The fourth-order valence-corrected chi connectivity index (χ4v) is 1.66. The van der Waals surface area contributed by atoms with Crippen LogP contribution in [0.4, 0.5) is 0 Å². The summed E-state index contributed by atoms with van der Waals surface area (Å²) >= 11 is 0. The van der Waals surface area contributed by atoms with Crippen LogP contribution in [0.5, 0.6) is 0 Å². The van der Waals surface area contributed by atoms with Gasteiger partial charge in [-0.25, -0.2) is 0 Å². The van der Waals surface area contributed by atoms with Crippen molar-refractivity contribution in [1.82, 2.24) is 10.6 Å². The van der Waals surface area contributed by atoms with Crippen LogP contribution < -0.4 is 10.6 Å². The van der Waals surface area contributed by atoms with Gasteiger partial charge >= 0.3 is 0 Å². The number of amides is 2. The average Bonchev–Trinajstić information content (AvgIpc) is 2.85. The van der Waals surface area contributed by atoms with Crippen molar-refractivity contribution < 1.29 is 19.1 Å². The quantitative estimate of drug-likeness (QED) is 0.616. The SMILES string of the molecule is CC(=O)CCC(=O)NCCNC(=O)C1CCCO1. The molecule has 0 saturated carbocycles. The van der Waals surface area contributed by atoms with E-state index in [1.54, 1.807) is 0 Å². The van der Waals surface area contributed by atoms with E-state index in [2.05, 4.69) is 10.6 Å². The van der Waals surface area contributed by atoms with E-state index in [1.807, 2.05) is 0 Å². The maximum Gasteiger partial charge on any atom is 0.249 e. The molecule has 0 bridgehead atoms. The monoisotopic (exact) mass is 256 g/mol. The predicted molar refractivity (Wildman–Crippen MR) is 64.9 cm³/mol. The van der Waals surface area contributed by atoms with Crippen molar-refractivity contribution in [3.05, 3.63) is 0 Å². The lowest BCUT2D eigenvalue weighted by Gasteiger charge is -2.10. The molecule has 1 unspecified atom stereocenters. The van der Waals surface area contributed by atoms with Crippen molar-refractivity contribution in [3.8, 4) is 0 Å². The number of hydrogen-bond donors (Lipinski definition) is 2. The molecule has 1 aliphatic rings. The zero-order valence-corrected chi connectivity index (χ0v) is 10.7. The van der Waals surface area contributed by atoms with Gasteiger partial charge in [0.25, 0.3) is 0 Å². The van der Waals surface area contributed by atoms with Gasteiger partial charge in [-0.2, -0.15) is 0 Å². The van der Waals surface area contributed by atoms with E-state index in [9.17, 15) is 14.4 Å². The molecule has 0 aromatic heterocycles. The zero-order chi connectivity index (χ0) is 13.4. The number of hydrogen-bond acceptors (Lipinski definition) is 4. The topological polar surface area (TPSA) is 84.5 Å². The standard InChI is InChI=1S/C12H20N2O4/c1-9(15)4-5-11(16)13-6-7-14-12(17)10-3-2-8-18-10/h10H,2-8H2,1H3,(H,13,16)(H,14,17). The van der Waals surface area contributed by atoms with E-state index < -0.39 is 0 Å². The van der Waals surface area contributed by atoms with E-state index in [0.717, 1.165) is 12.8 Å². The normalized spacial score (nSPS) is 18.4. The molecule has 2 N–H and O–H groups in total. The van der Waals surface area contributed by atoms with Gasteiger partial charge in [0.15, 0.2) is 0 Å². The van der Waals surface area contributed by atoms with Gasteiger partial charge in [-0.15, -0.1) is 0 Å². The Morgan fingerprint density at radius 2 is 1.89 bits per heavy atom. The molecule has 102 valence electrons. The van der Waals surface area contributed by atoms with Gasteiger partial charge in [0.05, 0.1) is 0 Å². The van der Waals surface area contributed by atoms with E-state index in [-0.39, 0.29) is 36.5 Å². The van der Waals surface area contributed by atoms with Crippen LogP contribution in [0.2, 0.25) is 0 Å². The first-order valence-corrected chi connectivity index (χ1v) is 6.25. The molecule has 18 heavy (non-hydrogen) atoms. The Morgan fingerprint density at radius 3 is 2.50 bits per heavy atom. The third kappa shape index (κ3) is 5.77.